The number of carboxylic acids is 1. The Morgan fingerprint density at radius 1 is 1.32 bits per heavy atom. The van der Waals surface area contributed by atoms with Crippen LogP contribution in [0.5, 0.6) is 0 Å². The second-order valence-electron chi connectivity index (χ2n) is 5.70. The van der Waals surface area contributed by atoms with E-state index in [1.54, 1.807) is 12.1 Å². The monoisotopic (exact) mass is 306 g/mol. The van der Waals surface area contributed by atoms with Crippen LogP contribution in [-0.4, -0.2) is 40.0 Å². The molecule has 118 valence electrons. The Bertz CT molecular complexity index is 694. The van der Waals surface area contributed by atoms with Crippen LogP contribution >= 0.6 is 0 Å². The van der Waals surface area contributed by atoms with Gasteiger partial charge < -0.3 is 15.0 Å². The summed E-state index contributed by atoms with van der Waals surface area (Å²) in [5, 5.41) is 9.42. The fourth-order valence-electron chi connectivity index (χ4n) is 2.34. The number of fused-ring (bicyclic) bond motifs is 1. The minimum Gasteiger partial charge on any atom is -0.481 e. The number of H-pyrrole nitrogens is 1. The van der Waals surface area contributed by atoms with E-state index in [1.165, 1.54) is 17.0 Å². The smallest absolute Gasteiger partial charge is 0.305 e. The highest BCUT2D eigenvalue weighted by Crippen LogP contribution is 2.18. The average molecular weight is 306 g/mol. The lowest BCUT2D eigenvalue weighted by Gasteiger charge is -2.23. The van der Waals surface area contributed by atoms with E-state index >= 15 is 0 Å². The molecule has 0 fully saturated rings. The summed E-state index contributed by atoms with van der Waals surface area (Å²) in [4.78, 5) is 27.8. The fourth-order valence-corrected chi connectivity index (χ4v) is 2.34. The van der Waals surface area contributed by atoms with E-state index in [9.17, 15) is 14.0 Å². The van der Waals surface area contributed by atoms with E-state index in [0.717, 1.165) is 0 Å². The maximum atomic E-state index is 13.2. The summed E-state index contributed by atoms with van der Waals surface area (Å²) < 4.78 is 13.2. The lowest BCUT2D eigenvalue weighted by atomic mass is 10.2. The van der Waals surface area contributed by atoms with Crippen molar-refractivity contribution in [2.45, 2.75) is 20.3 Å². The van der Waals surface area contributed by atoms with Gasteiger partial charge in [0.25, 0.3) is 5.91 Å². The minimum absolute atomic E-state index is 0.104. The molecule has 6 heteroatoms. The first kappa shape index (κ1) is 16.0. The second kappa shape index (κ2) is 6.60. The van der Waals surface area contributed by atoms with Crippen LogP contribution in [-0.2, 0) is 4.79 Å². The molecule has 1 aromatic carbocycles. The van der Waals surface area contributed by atoms with Gasteiger partial charge in [-0.15, -0.1) is 0 Å². The third-order valence-corrected chi connectivity index (χ3v) is 3.28. The Balaban J connectivity index is 2.24. The van der Waals surface area contributed by atoms with Gasteiger partial charge in [-0.1, -0.05) is 13.8 Å². The molecular weight excluding hydrogens is 287 g/mol. The number of carboxylic acid groups (broad SMARTS) is 1. The maximum Gasteiger partial charge on any atom is 0.305 e. The molecule has 1 heterocycles. The zero-order chi connectivity index (χ0) is 16.3. The lowest BCUT2D eigenvalue weighted by Crippen LogP contribution is -2.36. The molecule has 0 saturated heterocycles. The number of rotatable bonds is 6. The van der Waals surface area contributed by atoms with Gasteiger partial charge in [0.15, 0.2) is 0 Å². The molecule has 0 aliphatic rings. The average Bonchev–Trinajstić information content (AvgIpc) is 2.85. The van der Waals surface area contributed by atoms with Gasteiger partial charge in [0.1, 0.15) is 11.5 Å². The largest absolute Gasteiger partial charge is 0.481 e. The SMILES string of the molecule is CC(C)CN(CCC(=O)O)C(=O)c1cc2cc(F)ccc2[nH]1. The number of benzene rings is 1. The van der Waals surface area contributed by atoms with Crippen molar-refractivity contribution in [1.82, 2.24) is 9.88 Å². The molecule has 2 N–H and O–H groups in total. The molecular formula is C16H19FN2O3. The van der Waals surface area contributed by atoms with Crippen LogP contribution < -0.4 is 0 Å². The summed E-state index contributed by atoms with van der Waals surface area (Å²) in [5.74, 6) is -1.36. The summed E-state index contributed by atoms with van der Waals surface area (Å²) in [6, 6.07) is 5.84. The topological polar surface area (TPSA) is 73.4 Å². The molecule has 22 heavy (non-hydrogen) atoms. The van der Waals surface area contributed by atoms with Crippen LogP contribution in [0.2, 0.25) is 0 Å². The van der Waals surface area contributed by atoms with Crippen molar-refractivity contribution in [2.75, 3.05) is 13.1 Å². The van der Waals surface area contributed by atoms with Crippen molar-refractivity contribution in [3.05, 3.63) is 35.8 Å². The van der Waals surface area contributed by atoms with Gasteiger partial charge in [-0.05, 0) is 30.2 Å². The zero-order valence-corrected chi connectivity index (χ0v) is 12.6. The van der Waals surface area contributed by atoms with E-state index in [1.807, 2.05) is 13.8 Å². The van der Waals surface area contributed by atoms with Crippen LogP contribution in [0.25, 0.3) is 10.9 Å². The number of carbonyl (C=O) groups is 2. The molecule has 0 bridgehead atoms. The number of hydrogen-bond acceptors (Lipinski definition) is 2. The van der Waals surface area contributed by atoms with Crippen molar-refractivity contribution in [3.8, 4) is 0 Å². The Morgan fingerprint density at radius 3 is 2.68 bits per heavy atom. The third kappa shape index (κ3) is 3.84. The highest BCUT2D eigenvalue weighted by molar-refractivity contribution is 5.98. The van der Waals surface area contributed by atoms with E-state index in [0.29, 0.717) is 23.1 Å². The molecule has 2 aromatic rings. The normalized spacial score (nSPS) is 11.1. The number of hydrogen-bond donors (Lipinski definition) is 2. The quantitative estimate of drug-likeness (QED) is 0.862. The van der Waals surface area contributed by atoms with Gasteiger partial charge >= 0.3 is 5.97 Å². The second-order valence-corrected chi connectivity index (χ2v) is 5.70. The molecule has 0 radical (unpaired) electrons. The molecule has 5 nitrogen and oxygen atoms in total. The first-order valence-corrected chi connectivity index (χ1v) is 7.16. The third-order valence-electron chi connectivity index (χ3n) is 3.28. The van der Waals surface area contributed by atoms with E-state index in [2.05, 4.69) is 4.98 Å². The molecule has 0 aliphatic heterocycles. The van der Waals surface area contributed by atoms with Crippen molar-refractivity contribution in [1.29, 1.82) is 0 Å². The predicted molar refractivity (Wildman–Crippen MR) is 81.3 cm³/mol. The number of nitrogens with one attached hydrogen (secondary N) is 1. The predicted octanol–water partition coefficient (Wildman–Crippen LogP) is 2.88. The van der Waals surface area contributed by atoms with Gasteiger partial charge in [-0.2, -0.15) is 0 Å². The highest BCUT2D eigenvalue weighted by Gasteiger charge is 2.19. The number of aromatic nitrogens is 1. The lowest BCUT2D eigenvalue weighted by molar-refractivity contribution is -0.137. The van der Waals surface area contributed by atoms with Crippen LogP contribution in [0, 0.1) is 11.7 Å². The Hall–Kier alpha value is -2.37. The summed E-state index contributed by atoms with van der Waals surface area (Å²) in [6.45, 7) is 4.54. The molecule has 1 aromatic heterocycles. The standard InChI is InChI=1S/C16H19FN2O3/c1-10(2)9-19(6-5-15(20)21)16(22)14-8-11-7-12(17)3-4-13(11)18-14/h3-4,7-8,10,18H,5-6,9H2,1-2H3,(H,20,21). The Kier molecular flexibility index (Phi) is 4.80. The number of aliphatic carboxylic acids is 1. The van der Waals surface area contributed by atoms with Crippen LogP contribution in [0.1, 0.15) is 30.8 Å². The fraction of sp³-hybridized carbons (Fsp3) is 0.375. The molecule has 1 amide bonds. The first-order chi connectivity index (χ1) is 10.4. The number of carbonyl (C=O) groups excluding carboxylic acids is 1. The molecule has 0 saturated carbocycles. The molecule has 0 unspecified atom stereocenters. The van der Waals surface area contributed by atoms with Crippen LogP contribution in [0.15, 0.2) is 24.3 Å². The summed E-state index contributed by atoms with van der Waals surface area (Å²) >= 11 is 0. The number of nitrogens with zero attached hydrogens (tertiary/aromatic N) is 1. The summed E-state index contributed by atoms with van der Waals surface area (Å²) in [7, 11) is 0. The van der Waals surface area contributed by atoms with Crippen molar-refractivity contribution < 1.29 is 19.1 Å². The first-order valence-electron chi connectivity index (χ1n) is 7.16. The zero-order valence-electron chi connectivity index (χ0n) is 12.6. The van der Waals surface area contributed by atoms with Gasteiger partial charge in [-0.3, -0.25) is 9.59 Å². The van der Waals surface area contributed by atoms with Gasteiger partial charge in [0, 0.05) is 24.0 Å². The van der Waals surface area contributed by atoms with Gasteiger partial charge in [0.05, 0.1) is 6.42 Å². The van der Waals surface area contributed by atoms with Gasteiger partial charge in [0.2, 0.25) is 0 Å². The summed E-state index contributed by atoms with van der Waals surface area (Å²) in [6.07, 6.45) is -0.104. The van der Waals surface area contributed by atoms with E-state index in [4.69, 9.17) is 5.11 Å². The molecule has 2 rings (SSSR count). The van der Waals surface area contributed by atoms with E-state index < -0.39 is 5.97 Å². The number of halogens is 1. The minimum atomic E-state index is -0.944. The van der Waals surface area contributed by atoms with Crippen LogP contribution in [0.4, 0.5) is 4.39 Å². The molecule has 0 atom stereocenters. The summed E-state index contributed by atoms with van der Waals surface area (Å²) in [5.41, 5.74) is 1.01. The molecule has 0 aliphatic carbocycles. The molecule has 0 spiro atoms. The number of aromatic amines is 1. The number of amides is 1. The van der Waals surface area contributed by atoms with Gasteiger partial charge in [-0.25, -0.2) is 4.39 Å². The van der Waals surface area contributed by atoms with E-state index in [-0.39, 0.29) is 30.6 Å². The Labute approximate surface area is 127 Å². The Morgan fingerprint density at radius 2 is 2.05 bits per heavy atom. The maximum absolute atomic E-state index is 13.2. The van der Waals surface area contributed by atoms with Crippen molar-refractivity contribution in [2.24, 2.45) is 5.92 Å². The van der Waals surface area contributed by atoms with Crippen molar-refractivity contribution in [3.63, 3.8) is 0 Å². The van der Waals surface area contributed by atoms with Crippen LogP contribution in [0.3, 0.4) is 0 Å². The van der Waals surface area contributed by atoms with Crippen molar-refractivity contribution >= 4 is 22.8 Å². The highest BCUT2D eigenvalue weighted by atomic mass is 19.1.